The van der Waals surface area contributed by atoms with Gasteiger partial charge in [0.15, 0.2) is 0 Å². The number of nitrogens with two attached hydrogens (primary N) is 1. The Kier molecular flexibility index (Phi) is 2.44. The first-order chi connectivity index (χ1) is 7.06. The van der Waals surface area contributed by atoms with E-state index in [0.29, 0.717) is 18.7 Å². The third kappa shape index (κ3) is 1.99. The highest BCUT2D eigenvalue weighted by atomic mass is 19.1. The zero-order chi connectivity index (χ0) is 11.0. The Morgan fingerprint density at radius 3 is 2.73 bits per heavy atom. The van der Waals surface area contributed by atoms with Gasteiger partial charge in [0.05, 0.1) is 0 Å². The number of hydrogen-bond acceptors (Lipinski definition) is 2. The monoisotopic (exact) mass is 208 g/mol. The minimum Gasteiger partial charge on any atom is -0.326 e. The van der Waals surface area contributed by atoms with Crippen LogP contribution < -0.4 is 10.6 Å². The van der Waals surface area contributed by atoms with Crippen molar-refractivity contribution in [2.45, 2.75) is 19.4 Å². The molecule has 2 rings (SSSR count). The van der Waals surface area contributed by atoms with Gasteiger partial charge in [-0.3, -0.25) is 4.79 Å². The average molecular weight is 208 g/mol. The molecular weight excluding hydrogens is 195 g/mol. The van der Waals surface area contributed by atoms with Crippen LogP contribution in [0.1, 0.15) is 12.0 Å². The van der Waals surface area contributed by atoms with Crippen molar-refractivity contribution < 1.29 is 9.18 Å². The van der Waals surface area contributed by atoms with Gasteiger partial charge in [-0.05, 0) is 30.7 Å². The summed E-state index contributed by atoms with van der Waals surface area (Å²) in [6.45, 7) is 2.27. The van der Waals surface area contributed by atoms with Crippen molar-refractivity contribution in [3.05, 3.63) is 29.6 Å². The molecule has 0 bridgehead atoms. The number of amides is 1. The van der Waals surface area contributed by atoms with Gasteiger partial charge in [0.2, 0.25) is 5.91 Å². The maximum absolute atomic E-state index is 13.1. The van der Waals surface area contributed by atoms with Crippen molar-refractivity contribution in [3.63, 3.8) is 0 Å². The molecule has 1 heterocycles. The smallest absolute Gasteiger partial charge is 0.228 e. The van der Waals surface area contributed by atoms with Gasteiger partial charge in [-0.15, -0.1) is 0 Å². The molecule has 0 radical (unpaired) electrons. The number of rotatable bonds is 1. The fourth-order valence-corrected chi connectivity index (χ4v) is 1.86. The summed E-state index contributed by atoms with van der Waals surface area (Å²) < 4.78 is 13.1. The molecule has 1 unspecified atom stereocenters. The first-order valence-corrected chi connectivity index (χ1v) is 4.89. The van der Waals surface area contributed by atoms with Crippen molar-refractivity contribution >= 4 is 11.6 Å². The Balaban J connectivity index is 2.33. The van der Waals surface area contributed by atoms with E-state index in [0.717, 1.165) is 5.56 Å². The molecule has 1 atom stereocenters. The number of aryl methyl sites for hydroxylation is 1. The minimum absolute atomic E-state index is 0.0347. The van der Waals surface area contributed by atoms with Gasteiger partial charge in [0.1, 0.15) is 5.82 Å². The first kappa shape index (κ1) is 10.1. The summed E-state index contributed by atoms with van der Waals surface area (Å²) in [5.74, 6) is -0.356. The van der Waals surface area contributed by atoms with Crippen LogP contribution in [0.2, 0.25) is 0 Å². The molecule has 15 heavy (non-hydrogen) atoms. The molecule has 1 aromatic carbocycles. The van der Waals surface area contributed by atoms with Crippen LogP contribution in [-0.2, 0) is 4.79 Å². The molecule has 2 N–H and O–H groups in total. The standard InChI is InChI=1S/C11H13FN2O/c1-7-2-8(12)4-10(3-7)14-6-9(13)5-11(14)15/h2-4,9H,5-6,13H2,1H3. The molecule has 80 valence electrons. The Morgan fingerprint density at radius 2 is 2.20 bits per heavy atom. The molecule has 1 aliphatic heterocycles. The van der Waals surface area contributed by atoms with Gasteiger partial charge < -0.3 is 10.6 Å². The number of halogens is 1. The van der Waals surface area contributed by atoms with Crippen LogP contribution in [0.5, 0.6) is 0 Å². The molecule has 1 aromatic rings. The highest BCUT2D eigenvalue weighted by Gasteiger charge is 2.28. The van der Waals surface area contributed by atoms with Crippen molar-refractivity contribution in [3.8, 4) is 0 Å². The highest BCUT2D eigenvalue weighted by molar-refractivity contribution is 5.96. The van der Waals surface area contributed by atoms with Crippen LogP contribution in [0.4, 0.5) is 10.1 Å². The quantitative estimate of drug-likeness (QED) is 0.753. The topological polar surface area (TPSA) is 46.3 Å². The van der Waals surface area contributed by atoms with Gasteiger partial charge in [0, 0.05) is 24.7 Å². The summed E-state index contributed by atoms with van der Waals surface area (Å²) in [5, 5.41) is 0. The van der Waals surface area contributed by atoms with Crippen LogP contribution >= 0.6 is 0 Å². The van der Waals surface area contributed by atoms with Crippen LogP contribution in [-0.4, -0.2) is 18.5 Å². The van der Waals surface area contributed by atoms with Crippen LogP contribution in [0.15, 0.2) is 18.2 Å². The van der Waals surface area contributed by atoms with Gasteiger partial charge in [-0.25, -0.2) is 4.39 Å². The second kappa shape index (κ2) is 3.62. The zero-order valence-corrected chi connectivity index (χ0v) is 8.53. The molecule has 4 heteroatoms. The molecule has 1 aliphatic rings. The van der Waals surface area contributed by atoms with Crippen molar-refractivity contribution in [1.29, 1.82) is 0 Å². The molecule has 1 saturated heterocycles. The summed E-state index contributed by atoms with van der Waals surface area (Å²) in [5.41, 5.74) is 7.08. The Bertz CT molecular complexity index is 385. The van der Waals surface area contributed by atoms with E-state index in [1.807, 2.05) is 0 Å². The Hall–Kier alpha value is -1.42. The summed E-state index contributed by atoms with van der Waals surface area (Å²) in [6.07, 6.45) is 0.343. The number of hydrogen-bond donors (Lipinski definition) is 1. The van der Waals surface area contributed by atoms with E-state index in [1.165, 1.54) is 12.1 Å². The lowest BCUT2D eigenvalue weighted by Gasteiger charge is -2.16. The largest absolute Gasteiger partial charge is 0.326 e. The molecule has 0 saturated carbocycles. The lowest BCUT2D eigenvalue weighted by Crippen LogP contribution is -2.28. The van der Waals surface area contributed by atoms with Crippen molar-refractivity contribution in [2.75, 3.05) is 11.4 Å². The lowest BCUT2D eigenvalue weighted by atomic mass is 10.2. The number of benzene rings is 1. The molecule has 1 amide bonds. The normalized spacial score (nSPS) is 21.1. The van der Waals surface area contributed by atoms with E-state index >= 15 is 0 Å². The van der Waals surface area contributed by atoms with Crippen LogP contribution in [0, 0.1) is 12.7 Å². The predicted octanol–water partition coefficient (Wildman–Crippen LogP) is 1.20. The third-order valence-corrected chi connectivity index (χ3v) is 2.49. The van der Waals surface area contributed by atoms with E-state index in [2.05, 4.69) is 0 Å². The summed E-state index contributed by atoms with van der Waals surface area (Å²) >= 11 is 0. The molecule has 0 aliphatic carbocycles. The highest BCUT2D eigenvalue weighted by Crippen LogP contribution is 2.23. The number of carbonyl (C=O) groups excluding carboxylic acids is 1. The summed E-state index contributed by atoms with van der Waals surface area (Å²) in [4.78, 5) is 13.1. The van der Waals surface area contributed by atoms with E-state index in [9.17, 15) is 9.18 Å². The van der Waals surface area contributed by atoms with E-state index in [-0.39, 0.29) is 17.8 Å². The average Bonchev–Trinajstić information content (AvgIpc) is 2.43. The fourth-order valence-electron chi connectivity index (χ4n) is 1.86. The van der Waals surface area contributed by atoms with Gasteiger partial charge in [-0.2, -0.15) is 0 Å². The zero-order valence-electron chi connectivity index (χ0n) is 8.53. The maximum Gasteiger partial charge on any atom is 0.228 e. The predicted molar refractivity (Wildman–Crippen MR) is 56.1 cm³/mol. The molecule has 0 aromatic heterocycles. The van der Waals surface area contributed by atoms with Crippen LogP contribution in [0.25, 0.3) is 0 Å². The van der Waals surface area contributed by atoms with Gasteiger partial charge in [0.25, 0.3) is 0 Å². The maximum atomic E-state index is 13.1. The van der Waals surface area contributed by atoms with Crippen molar-refractivity contribution in [1.82, 2.24) is 0 Å². The number of nitrogens with zero attached hydrogens (tertiary/aromatic N) is 1. The fraction of sp³-hybridized carbons (Fsp3) is 0.364. The Morgan fingerprint density at radius 1 is 1.47 bits per heavy atom. The second-order valence-electron chi connectivity index (χ2n) is 3.96. The summed E-state index contributed by atoms with van der Waals surface area (Å²) in [6, 6.07) is 4.45. The van der Waals surface area contributed by atoms with Crippen molar-refractivity contribution in [2.24, 2.45) is 5.73 Å². The SMILES string of the molecule is Cc1cc(F)cc(N2CC(N)CC2=O)c1. The van der Waals surface area contributed by atoms with E-state index in [1.54, 1.807) is 17.9 Å². The van der Waals surface area contributed by atoms with E-state index < -0.39 is 0 Å². The first-order valence-electron chi connectivity index (χ1n) is 4.89. The molecular formula is C11H13FN2O. The lowest BCUT2D eigenvalue weighted by molar-refractivity contribution is -0.117. The second-order valence-corrected chi connectivity index (χ2v) is 3.96. The molecule has 0 spiro atoms. The summed E-state index contributed by atoms with van der Waals surface area (Å²) in [7, 11) is 0. The van der Waals surface area contributed by atoms with E-state index in [4.69, 9.17) is 5.73 Å². The molecule has 1 fully saturated rings. The van der Waals surface area contributed by atoms with Crippen LogP contribution in [0.3, 0.4) is 0 Å². The van der Waals surface area contributed by atoms with Gasteiger partial charge in [-0.1, -0.05) is 0 Å². The van der Waals surface area contributed by atoms with Gasteiger partial charge >= 0.3 is 0 Å². The third-order valence-electron chi connectivity index (χ3n) is 2.49. The number of anilines is 1. The molecule has 3 nitrogen and oxygen atoms in total. The minimum atomic E-state index is -0.321. The number of carbonyl (C=O) groups is 1. The Labute approximate surface area is 87.7 Å².